The third-order valence-corrected chi connectivity index (χ3v) is 3.41. The number of hydrogen-bond donors (Lipinski definition) is 1. The molecular weight excluding hydrogens is 246 g/mol. The van der Waals surface area contributed by atoms with Gasteiger partial charge in [-0.3, -0.25) is 14.5 Å². The summed E-state index contributed by atoms with van der Waals surface area (Å²) >= 11 is 3.89. The van der Waals surface area contributed by atoms with E-state index >= 15 is 0 Å². The fourth-order valence-electron chi connectivity index (χ4n) is 1.87. The maximum atomic E-state index is 10.7. The van der Waals surface area contributed by atoms with E-state index in [9.17, 15) is 9.59 Å². The average Bonchev–Trinajstić information content (AvgIpc) is 2.86. The first-order valence-corrected chi connectivity index (χ1v) is 7.44. The largest absolute Gasteiger partial charge is 0.285 e. The van der Waals surface area contributed by atoms with E-state index in [0.717, 1.165) is 10.8 Å². The van der Waals surface area contributed by atoms with E-state index in [0.29, 0.717) is 0 Å². The minimum Gasteiger partial charge on any atom is -0.285 e. The number of carbonyl (C=O) groups is 2. The Kier molecular flexibility index (Phi) is 9.16. The molecule has 106 valence electrons. The van der Waals surface area contributed by atoms with E-state index in [1.165, 1.54) is 39.2 Å². The van der Waals surface area contributed by atoms with Gasteiger partial charge in [0.1, 0.15) is 0 Å². The van der Waals surface area contributed by atoms with Gasteiger partial charge in [0.15, 0.2) is 0 Å². The normalized spacial score (nSPS) is 23.4. The molecule has 1 atom stereocenters. The quantitative estimate of drug-likeness (QED) is 0.543. The summed E-state index contributed by atoms with van der Waals surface area (Å²) in [6.07, 6.45) is 7.45. The highest BCUT2D eigenvalue weighted by Crippen LogP contribution is 2.22. The standard InChI is InChI=1S/C6H12.C5H7NO2S.C3H8/c1-6-4-2-3-5-6;1-6-4(7)2-3(9)5(6)8;1-3-2/h6H,2-5H2,1H3;3,9H,2H2,1H3;3H2,1-2H3. The molecule has 0 N–H and O–H groups in total. The summed E-state index contributed by atoms with van der Waals surface area (Å²) in [5.41, 5.74) is 0. The zero-order valence-electron chi connectivity index (χ0n) is 12.1. The van der Waals surface area contributed by atoms with E-state index in [-0.39, 0.29) is 18.2 Å². The number of carbonyl (C=O) groups excluding carboxylic acids is 2. The van der Waals surface area contributed by atoms with Crippen molar-refractivity contribution in [2.75, 3.05) is 7.05 Å². The fraction of sp³-hybridized carbons (Fsp3) is 0.857. The highest BCUT2D eigenvalue weighted by atomic mass is 32.1. The molecule has 0 radical (unpaired) electrons. The molecule has 1 unspecified atom stereocenters. The van der Waals surface area contributed by atoms with Gasteiger partial charge < -0.3 is 0 Å². The molecule has 4 heteroatoms. The molecule has 3 nitrogen and oxygen atoms in total. The van der Waals surface area contributed by atoms with Crippen molar-refractivity contribution in [1.29, 1.82) is 0 Å². The van der Waals surface area contributed by atoms with Crippen molar-refractivity contribution in [3.05, 3.63) is 0 Å². The lowest BCUT2D eigenvalue weighted by Crippen LogP contribution is -2.25. The molecule has 2 fully saturated rings. The van der Waals surface area contributed by atoms with Crippen LogP contribution in [-0.2, 0) is 9.59 Å². The Labute approximate surface area is 117 Å². The third kappa shape index (κ3) is 6.43. The van der Waals surface area contributed by atoms with Crippen molar-refractivity contribution >= 4 is 24.4 Å². The van der Waals surface area contributed by atoms with Crippen molar-refractivity contribution in [2.45, 2.75) is 64.5 Å². The number of amides is 2. The molecule has 1 heterocycles. The van der Waals surface area contributed by atoms with Crippen molar-refractivity contribution in [2.24, 2.45) is 5.92 Å². The Morgan fingerprint density at radius 3 is 1.78 bits per heavy atom. The van der Waals surface area contributed by atoms with E-state index in [2.05, 4.69) is 33.4 Å². The summed E-state index contributed by atoms with van der Waals surface area (Å²) in [5, 5.41) is -0.400. The lowest BCUT2D eigenvalue weighted by molar-refractivity contribution is -0.136. The number of likely N-dealkylation sites (tertiary alicyclic amines) is 1. The summed E-state index contributed by atoms with van der Waals surface area (Å²) < 4.78 is 0. The zero-order chi connectivity index (χ0) is 14.1. The smallest absolute Gasteiger partial charge is 0.242 e. The van der Waals surface area contributed by atoms with Crippen LogP contribution >= 0.6 is 12.6 Å². The molecule has 18 heavy (non-hydrogen) atoms. The monoisotopic (exact) mass is 273 g/mol. The number of nitrogens with zero attached hydrogens (tertiary/aromatic N) is 1. The van der Waals surface area contributed by atoms with Crippen LogP contribution in [0.5, 0.6) is 0 Å². The first-order valence-electron chi connectivity index (χ1n) is 6.92. The Hall–Kier alpha value is -0.510. The molecule has 0 bridgehead atoms. The third-order valence-electron chi connectivity index (χ3n) is 3.00. The molecule has 2 amide bonds. The molecular formula is C14H27NO2S. The maximum absolute atomic E-state index is 10.7. The highest BCUT2D eigenvalue weighted by Gasteiger charge is 2.32. The maximum Gasteiger partial charge on any atom is 0.242 e. The van der Waals surface area contributed by atoms with E-state index in [1.54, 1.807) is 0 Å². The van der Waals surface area contributed by atoms with Gasteiger partial charge in [0, 0.05) is 13.5 Å². The Bertz CT molecular complexity index is 263. The van der Waals surface area contributed by atoms with Gasteiger partial charge in [-0.2, -0.15) is 12.6 Å². The zero-order valence-corrected chi connectivity index (χ0v) is 13.0. The van der Waals surface area contributed by atoms with Gasteiger partial charge >= 0.3 is 0 Å². The lowest BCUT2D eigenvalue weighted by Gasteiger charge is -2.02. The first kappa shape index (κ1) is 17.5. The molecule has 2 rings (SSSR count). The van der Waals surface area contributed by atoms with Crippen LogP contribution in [-0.4, -0.2) is 29.0 Å². The molecule has 0 aromatic rings. The summed E-state index contributed by atoms with van der Waals surface area (Å²) in [4.78, 5) is 22.5. The highest BCUT2D eigenvalue weighted by molar-refractivity contribution is 7.81. The van der Waals surface area contributed by atoms with Crippen molar-refractivity contribution < 1.29 is 9.59 Å². The van der Waals surface area contributed by atoms with Crippen LogP contribution in [0.25, 0.3) is 0 Å². The van der Waals surface area contributed by atoms with Gasteiger partial charge in [0.2, 0.25) is 11.8 Å². The number of imide groups is 1. The molecule has 1 saturated carbocycles. The lowest BCUT2D eigenvalue weighted by atomic mass is 10.2. The first-order chi connectivity index (χ1) is 8.43. The van der Waals surface area contributed by atoms with Crippen LogP contribution in [0.15, 0.2) is 0 Å². The second-order valence-corrected chi connectivity index (χ2v) is 5.73. The Balaban J connectivity index is 0.000000278. The number of thiol groups is 1. The summed E-state index contributed by atoms with van der Waals surface area (Å²) in [7, 11) is 1.47. The molecule has 0 aromatic carbocycles. The molecule has 0 aromatic heterocycles. The minimum atomic E-state index is -0.400. The van der Waals surface area contributed by atoms with Crippen molar-refractivity contribution in [3.8, 4) is 0 Å². The van der Waals surface area contributed by atoms with Crippen LogP contribution in [0.2, 0.25) is 0 Å². The summed E-state index contributed by atoms with van der Waals surface area (Å²) in [6, 6.07) is 0. The predicted octanol–water partition coefficient (Wildman–Crippen LogP) is 3.29. The van der Waals surface area contributed by atoms with Gasteiger partial charge in [-0.1, -0.05) is 52.9 Å². The van der Waals surface area contributed by atoms with E-state index in [1.807, 2.05) is 0 Å². The Morgan fingerprint density at radius 2 is 1.67 bits per heavy atom. The molecule has 0 spiro atoms. The molecule has 1 aliphatic heterocycles. The second-order valence-electron chi connectivity index (χ2n) is 5.11. The molecule has 1 saturated heterocycles. The van der Waals surface area contributed by atoms with Crippen molar-refractivity contribution in [3.63, 3.8) is 0 Å². The van der Waals surface area contributed by atoms with Gasteiger partial charge in [0.25, 0.3) is 0 Å². The van der Waals surface area contributed by atoms with Gasteiger partial charge in [-0.25, -0.2) is 0 Å². The van der Waals surface area contributed by atoms with Gasteiger partial charge in [-0.05, 0) is 5.92 Å². The minimum absolute atomic E-state index is 0.139. The van der Waals surface area contributed by atoms with Crippen LogP contribution in [0, 0.1) is 5.92 Å². The van der Waals surface area contributed by atoms with Gasteiger partial charge in [0.05, 0.1) is 5.25 Å². The summed E-state index contributed by atoms with van der Waals surface area (Å²) in [6.45, 7) is 6.59. The van der Waals surface area contributed by atoms with Crippen LogP contribution in [0.4, 0.5) is 0 Å². The average molecular weight is 273 g/mol. The van der Waals surface area contributed by atoms with E-state index < -0.39 is 5.25 Å². The van der Waals surface area contributed by atoms with E-state index in [4.69, 9.17) is 0 Å². The number of hydrogen-bond acceptors (Lipinski definition) is 3. The molecule has 1 aliphatic carbocycles. The predicted molar refractivity (Wildman–Crippen MR) is 78.8 cm³/mol. The van der Waals surface area contributed by atoms with Gasteiger partial charge in [-0.15, -0.1) is 0 Å². The Morgan fingerprint density at radius 1 is 1.22 bits per heavy atom. The van der Waals surface area contributed by atoms with Crippen LogP contribution in [0.3, 0.4) is 0 Å². The topological polar surface area (TPSA) is 37.4 Å². The molecule has 2 aliphatic rings. The van der Waals surface area contributed by atoms with Crippen LogP contribution < -0.4 is 0 Å². The SMILES string of the molecule is CC1CCCC1.CCC.CN1C(=O)CC(S)C1=O. The second kappa shape index (κ2) is 9.42. The fourth-order valence-corrected chi connectivity index (χ4v) is 2.20. The van der Waals surface area contributed by atoms with Crippen molar-refractivity contribution in [1.82, 2.24) is 4.90 Å². The van der Waals surface area contributed by atoms with Crippen LogP contribution in [0.1, 0.15) is 59.3 Å². The summed E-state index contributed by atoms with van der Waals surface area (Å²) in [5.74, 6) is 0.716. The number of rotatable bonds is 0.